The fraction of sp³-hybridized carbons (Fsp3) is 0.381. The first-order chi connectivity index (χ1) is 10.5. The smallest absolute Gasteiger partial charge is 0.186 e. The van der Waals surface area contributed by atoms with E-state index < -0.39 is 0 Å². The topological polar surface area (TPSA) is 37.3 Å². The predicted molar refractivity (Wildman–Crippen MR) is 96.2 cm³/mol. The molecule has 2 rings (SSSR count). The van der Waals surface area contributed by atoms with Gasteiger partial charge < -0.3 is 5.11 Å². The van der Waals surface area contributed by atoms with Gasteiger partial charge in [-0.3, -0.25) is 4.79 Å². The number of phenols is 1. The Morgan fingerprint density at radius 1 is 0.826 bits per heavy atom. The second-order valence-corrected chi connectivity index (χ2v) is 8.18. The summed E-state index contributed by atoms with van der Waals surface area (Å²) in [5.41, 5.74) is 3.31. The molecule has 0 atom stereocenters. The zero-order chi connectivity index (χ0) is 17.4. The first-order valence-corrected chi connectivity index (χ1v) is 7.98. The van der Waals surface area contributed by atoms with Crippen LogP contribution in [0.4, 0.5) is 0 Å². The summed E-state index contributed by atoms with van der Waals surface area (Å²) < 4.78 is 0. The molecule has 1 aromatic carbocycles. The van der Waals surface area contributed by atoms with Crippen LogP contribution in [-0.2, 0) is 4.79 Å². The SMILES string of the molecule is CC(C)(C)C1=CC(=Cc2ccc(O)cc2)C=C(C(C)(C)C)C1=O. The van der Waals surface area contributed by atoms with Crippen LogP contribution in [0.1, 0.15) is 47.1 Å². The Kier molecular flexibility index (Phi) is 4.39. The molecule has 1 N–H and O–H groups in total. The second kappa shape index (κ2) is 5.84. The normalized spacial score (nSPS) is 16.1. The fourth-order valence-electron chi connectivity index (χ4n) is 2.61. The van der Waals surface area contributed by atoms with Gasteiger partial charge in [-0.15, -0.1) is 0 Å². The van der Waals surface area contributed by atoms with E-state index in [-0.39, 0.29) is 22.4 Å². The number of aromatic hydroxyl groups is 1. The van der Waals surface area contributed by atoms with Crippen molar-refractivity contribution in [3.8, 4) is 5.75 Å². The van der Waals surface area contributed by atoms with Gasteiger partial charge >= 0.3 is 0 Å². The molecule has 0 saturated carbocycles. The van der Waals surface area contributed by atoms with E-state index in [4.69, 9.17) is 0 Å². The molecule has 2 heteroatoms. The quantitative estimate of drug-likeness (QED) is 0.764. The maximum absolute atomic E-state index is 12.9. The molecular formula is C21H26O2. The molecule has 0 heterocycles. The summed E-state index contributed by atoms with van der Waals surface area (Å²) in [6.07, 6.45) is 6.03. The summed E-state index contributed by atoms with van der Waals surface area (Å²) in [6, 6.07) is 7.08. The van der Waals surface area contributed by atoms with Crippen LogP contribution < -0.4 is 0 Å². The van der Waals surface area contributed by atoms with E-state index in [0.717, 1.165) is 22.3 Å². The molecule has 1 aromatic rings. The van der Waals surface area contributed by atoms with Crippen LogP contribution in [0, 0.1) is 10.8 Å². The minimum absolute atomic E-state index is 0.146. The van der Waals surface area contributed by atoms with Gasteiger partial charge in [0.2, 0.25) is 0 Å². The molecule has 0 radical (unpaired) electrons. The summed E-state index contributed by atoms with van der Waals surface area (Å²) in [5.74, 6) is 0.399. The number of rotatable bonds is 1. The lowest BCUT2D eigenvalue weighted by molar-refractivity contribution is -0.114. The van der Waals surface area contributed by atoms with Crippen LogP contribution >= 0.6 is 0 Å². The average molecular weight is 310 g/mol. The number of carbonyl (C=O) groups is 1. The summed E-state index contributed by atoms with van der Waals surface area (Å²) in [7, 11) is 0. The first kappa shape index (κ1) is 17.3. The third-order valence-corrected chi connectivity index (χ3v) is 3.95. The van der Waals surface area contributed by atoms with E-state index in [0.29, 0.717) is 0 Å². The molecule has 0 aliphatic heterocycles. The van der Waals surface area contributed by atoms with Gasteiger partial charge in [0, 0.05) is 11.1 Å². The maximum atomic E-state index is 12.9. The van der Waals surface area contributed by atoms with E-state index in [1.165, 1.54) is 0 Å². The third kappa shape index (κ3) is 4.01. The van der Waals surface area contributed by atoms with Crippen molar-refractivity contribution in [3.05, 3.63) is 58.7 Å². The summed E-state index contributed by atoms with van der Waals surface area (Å²) in [4.78, 5) is 12.9. The van der Waals surface area contributed by atoms with Gasteiger partial charge in [0.25, 0.3) is 0 Å². The van der Waals surface area contributed by atoms with Crippen molar-refractivity contribution in [1.82, 2.24) is 0 Å². The Bertz CT molecular complexity index is 664. The lowest BCUT2D eigenvalue weighted by Gasteiger charge is -2.31. The number of ketones is 1. The van der Waals surface area contributed by atoms with Crippen molar-refractivity contribution in [1.29, 1.82) is 0 Å². The predicted octanol–water partition coefficient (Wildman–Crippen LogP) is 5.30. The minimum Gasteiger partial charge on any atom is -0.508 e. The molecular weight excluding hydrogens is 284 g/mol. The molecule has 1 aliphatic carbocycles. The van der Waals surface area contributed by atoms with Crippen molar-refractivity contribution in [2.75, 3.05) is 0 Å². The molecule has 0 saturated heterocycles. The van der Waals surface area contributed by atoms with Gasteiger partial charge in [0.1, 0.15) is 5.75 Å². The highest BCUT2D eigenvalue weighted by Crippen LogP contribution is 2.39. The van der Waals surface area contributed by atoms with Gasteiger partial charge in [-0.1, -0.05) is 53.7 Å². The van der Waals surface area contributed by atoms with Crippen molar-refractivity contribution in [3.63, 3.8) is 0 Å². The third-order valence-electron chi connectivity index (χ3n) is 3.95. The molecule has 1 aliphatic rings. The summed E-state index contributed by atoms with van der Waals surface area (Å²) in [6.45, 7) is 12.4. The van der Waals surface area contributed by atoms with Gasteiger partial charge in [0.15, 0.2) is 5.78 Å². The lowest BCUT2D eigenvalue weighted by Crippen LogP contribution is -2.27. The molecule has 122 valence electrons. The number of benzene rings is 1. The van der Waals surface area contributed by atoms with Gasteiger partial charge in [0.05, 0.1) is 0 Å². The van der Waals surface area contributed by atoms with Crippen LogP contribution in [-0.4, -0.2) is 10.9 Å². The largest absolute Gasteiger partial charge is 0.508 e. The van der Waals surface area contributed by atoms with E-state index in [2.05, 4.69) is 41.5 Å². The number of hydrogen-bond acceptors (Lipinski definition) is 2. The van der Waals surface area contributed by atoms with Crippen molar-refractivity contribution < 1.29 is 9.90 Å². The summed E-state index contributed by atoms with van der Waals surface area (Å²) in [5, 5.41) is 9.41. The van der Waals surface area contributed by atoms with Gasteiger partial charge in [-0.05, 0) is 52.3 Å². The first-order valence-electron chi connectivity index (χ1n) is 7.98. The van der Waals surface area contributed by atoms with E-state index in [1.807, 2.05) is 30.4 Å². The van der Waals surface area contributed by atoms with E-state index in [1.54, 1.807) is 12.1 Å². The van der Waals surface area contributed by atoms with E-state index >= 15 is 0 Å². The van der Waals surface area contributed by atoms with Crippen LogP contribution in [0.5, 0.6) is 5.75 Å². The molecule has 0 spiro atoms. The zero-order valence-corrected chi connectivity index (χ0v) is 14.9. The van der Waals surface area contributed by atoms with E-state index in [9.17, 15) is 9.90 Å². The minimum atomic E-state index is -0.199. The fourth-order valence-corrected chi connectivity index (χ4v) is 2.61. The number of Topliss-reactive ketones (excluding diaryl/α,β-unsaturated/α-hetero) is 1. The number of phenolic OH excluding ortho intramolecular Hbond substituents is 1. The Labute approximate surface area is 139 Å². The van der Waals surface area contributed by atoms with Crippen molar-refractivity contribution >= 4 is 11.9 Å². The number of hydrogen-bond donors (Lipinski definition) is 1. The summed E-state index contributed by atoms with van der Waals surface area (Å²) >= 11 is 0. The van der Waals surface area contributed by atoms with Crippen molar-refractivity contribution in [2.45, 2.75) is 41.5 Å². The molecule has 0 fully saturated rings. The Morgan fingerprint density at radius 2 is 1.26 bits per heavy atom. The molecule has 2 nitrogen and oxygen atoms in total. The number of carbonyl (C=O) groups excluding carboxylic acids is 1. The molecule has 0 bridgehead atoms. The Hall–Kier alpha value is -2.09. The highest BCUT2D eigenvalue weighted by Gasteiger charge is 2.33. The van der Waals surface area contributed by atoms with Crippen LogP contribution in [0.2, 0.25) is 0 Å². The van der Waals surface area contributed by atoms with Crippen molar-refractivity contribution in [2.24, 2.45) is 10.8 Å². The van der Waals surface area contributed by atoms with Crippen LogP contribution in [0.3, 0.4) is 0 Å². The molecule has 0 amide bonds. The highest BCUT2D eigenvalue weighted by molar-refractivity contribution is 6.12. The highest BCUT2D eigenvalue weighted by atomic mass is 16.3. The Morgan fingerprint density at radius 3 is 1.65 bits per heavy atom. The molecule has 23 heavy (non-hydrogen) atoms. The zero-order valence-electron chi connectivity index (χ0n) is 14.9. The molecule has 0 aromatic heterocycles. The lowest BCUT2D eigenvalue weighted by atomic mass is 9.72. The number of allylic oxidation sites excluding steroid dienone is 5. The standard InChI is InChI=1S/C21H26O2/c1-20(2,3)17-12-15(11-14-7-9-16(22)10-8-14)13-18(19(17)23)21(4,5)6/h7-13,22H,1-6H3. The van der Waals surface area contributed by atoms with Crippen LogP contribution in [0.25, 0.3) is 6.08 Å². The Balaban J connectivity index is 2.56. The maximum Gasteiger partial charge on any atom is 0.186 e. The van der Waals surface area contributed by atoms with Gasteiger partial charge in [-0.25, -0.2) is 0 Å². The average Bonchev–Trinajstić information content (AvgIpc) is 2.40. The second-order valence-electron chi connectivity index (χ2n) is 8.18. The van der Waals surface area contributed by atoms with Crippen LogP contribution in [0.15, 0.2) is 53.1 Å². The monoisotopic (exact) mass is 310 g/mol. The molecule has 0 unspecified atom stereocenters. The van der Waals surface area contributed by atoms with Gasteiger partial charge in [-0.2, -0.15) is 0 Å².